The van der Waals surface area contributed by atoms with E-state index >= 15 is 0 Å². The van der Waals surface area contributed by atoms with Crippen molar-refractivity contribution in [2.75, 3.05) is 11.9 Å². The quantitative estimate of drug-likeness (QED) is 0.834. The molecule has 0 saturated heterocycles. The minimum Gasteiger partial charge on any atom is -0.435 e. The zero-order valence-electron chi connectivity index (χ0n) is 8.80. The van der Waals surface area contributed by atoms with E-state index in [0.29, 0.717) is 0 Å². The predicted octanol–water partition coefficient (Wildman–Crippen LogP) is 3.14. The third-order valence-electron chi connectivity index (χ3n) is 3.72. The standard InChI is InChI=1S/C12H13F2NO/c13-11(14)16-8-2-3-10-9(6-8)12(7-15-10)4-1-5-12/h2-3,6,11,15H,1,4-5,7H2. The summed E-state index contributed by atoms with van der Waals surface area (Å²) in [7, 11) is 0. The molecule has 1 aromatic carbocycles. The first-order valence-corrected chi connectivity index (χ1v) is 5.53. The topological polar surface area (TPSA) is 21.3 Å². The number of fused-ring (bicyclic) bond motifs is 2. The molecule has 1 aliphatic carbocycles. The summed E-state index contributed by atoms with van der Waals surface area (Å²) in [6.07, 6.45) is 3.51. The fourth-order valence-electron chi connectivity index (χ4n) is 2.70. The van der Waals surface area contributed by atoms with Gasteiger partial charge in [0.15, 0.2) is 0 Å². The van der Waals surface area contributed by atoms with Gasteiger partial charge in [-0.05, 0) is 36.6 Å². The molecule has 1 aliphatic heterocycles. The Hall–Kier alpha value is -1.32. The summed E-state index contributed by atoms with van der Waals surface area (Å²) < 4.78 is 28.7. The zero-order chi connectivity index (χ0) is 11.2. The monoisotopic (exact) mass is 225 g/mol. The van der Waals surface area contributed by atoms with E-state index < -0.39 is 6.61 Å². The minimum absolute atomic E-state index is 0.191. The molecule has 0 amide bonds. The Kier molecular flexibility index (Phi) is 2.06. The molecule has 0 unspecified atom stereocenters. The second kappa shape index (κ2) is 3.34. The van der Waals surface area contributed by atoms with Gasteiger partial charge in [0.1, 0.15) is 5.75 Å². The molecule has 3 rings (SSSR count). The van der Waals surface area contributed by atoms with Crippen molar-refractivity contribution in [3.63, 3.8) is 0 Å². The Morgan fingerprint density at radius 1 is 1.31 bits per heavy atom. The maximum atomic E-state index is 12.1. The predicted molar refractivity (Wildman–Crippen MR) is 57.1 cm³/mol. The van der Waals surface area contributed by atoms with E-state index in [1.165, 1.54) is 6.42 Å². The van der Waals surface area contributed by atoms with Gasteiger partial charge in [-0.2, -0.15) is 8.78 Å². The normalized spacial score (nSPS) is 20.4. The van der Waals surface area contributed by atoms with Crippen molar-refractivity contribution in [2.45, 2.75) is 31.3 Å². The number of nitrogens with one attached hydrogen (secondary N) is 1. The van der Waals surface area contributed by atoms with Gasteiger partial charge in [-0.1, -0.05) is 6.42 Å². The second-order valence-corrected chi connectivity index (χ2v) is 4.57. The smallest absolute Gasteiger partial charge is 0.387 e. The molecular formula is C12H13F2NO. The summed E-state index contributed by atoms with van der Waals surface area (Å²) >= 11 is 0. The number of hydrogen-bond acceptors (Lipinski definition) is 2. The molecule has 1 saturated carbocycles. The molecule has 2 nitrogen and oxygen atoms in total. The number of benzene rings is 1. The van der Waals surface area contributed by atoms with Gasteiger partial charge in [-0.3, -0.25) is 0 Å². The van der Waals surface area contributed by atoms with Crippen LogP contribution in [0.1, 0.15) is 24.8 Å². The summed E-state index contributed by atoms with van der Waals surface area (Å²) in [6, 6.07) is 5.19. The third kappa shape index (κ3) is 1.36. The van der Waals surface area contributed by atoms with Crippen LogP contribution in [0.4, 0.5) is 14.5 Å². The molecule has 86 valence electrons. The van der Waals surface area contributed by atoms with E-state index in [1.54, 1.807) is 12.1 Å². The maximum absolute atomic E-state index is 12.1. The average Bonchev–Trinajstić information content (AvgIpc) is 2.54. The van der Waals surface area contributed by atoms with Crippen molar-refractivity contribution in [3.05, 3.63) is 23.8 Å². The van der Waals surface area contributed by atoms with Gasteiger partial charge >= 0.3 is 6.61 Å². The summed E-state index contributed by atoms with van der Waals surface area (Å²) in [5, 5.41) is 3.33. The molecule has 0 radical (unpaired) electrons. The summed E-state index contributed by atoms with van der Waals surface area (Å²) in [5.74, 6) is 0.267. The van der Waals surface area contributed by atoms with Crippen LogP contribution in [0, 0.1) is 0 Å². The molecule has 0 atom stereocenters. The van der Waals surface area contributed by atoms with Gasteiger partial charge in [-0.15, -0.1) is 0 Å². The van der Waals surface area contributed by atoms with E-state index in [1.807, 2.05) is 6.07 Å². The molecule has 0 bridgehead atoms. The number of alkyl halides is 2. The molecule has 0 aromatic heterocycles. The Bertz CT molecular complexity index is 415. The molecular weight excluding hydrogens is 212 g/mol. The van der Waals surface area contributed by atoms with E-state index in [4.69, 9.17) is 0 Å². The van der Waals surface area contributed by atoms with E-state index in [0.717, 1.165) is 30.6 Å². The lowest BCUT2D eigenvalue weighted by Gasteiger charge is -2.38. The van der Waals surface area contributed by atoms with Crippen molar-refractivity contribution in [3.8, 4) is 5.75 Å². The molecule has 1 spiro atoms. The van der Waals surface area contributed by atoms with Crippen LogP contribution in [0.2, 0.25) is 0 Å². The van der Waals surface area contributed by atoms with Gasteiger partial charge in [0.25, 0.3) is 0 Å². The van der Waals surface area contributed by atoms with E-state index in [-0.39, 0.29) is 11.2 Å². The van der Waals surface area contributed by atoms with E-state index in [9.17, 15) is 8.78 Å². The van der Waals surface area contributed by atoms with Gasteiger partial charge < -0.3 is 10.1 Å². The van der Waals surface area contributed by atoms with Crippen LogP contribution in [0.15, 0.2) is 18.2 Å². The molecule has 2 aliphatic rings. The van der Waals surface area contributed by atoms with Gasteiger partial charge in [0.2, 0.25) is 0 Å². The van der Waals surface area contributed by atoms with Crippen LogP contribution < -0.4 is 10.1 Å². The van der Waals surface area contributed by atoms with Crippen molar-refractivity contribution < 1.29 is 13.5 Å². The van der Waals surface area contributed by atoms with Gasteiger partial charge in [0.05, 0.1) is 0 Å². The van der Waals surface area contributed by atoms with Crippen LogP contribution in [0.25, 0.3) is 0 Å². The highest BCUT2D eigenvalue weighted by molar-refractivity contribution is 5.63. The molecule has 1 fully saturated rings. The van der Waals surface area contributed by atoms with Crippen molar-refractivity contribution in [1.82, 2.24) is 0 Å². The summed E-state index contributed by atoms with van der Waals surface area (Å²) in [5.41, 5.74) is 2.41. The Labute approximate surface area is 92.6 Å². The number of anilines is 1. The third-order valence-corrected chi connectivity index (χ3v) is 3.72. The van der Waals surface area contributed by atoms with Crippen LogP contribution in [-0.4, -0.2) is 13.2 Å². The average molecular weight is 225 g/mol. The second-order valence-electron chi connectivity index (χ2n) is 4.57. The molecule has 1 aromatic rings. The van der Waals surface area contributed by atoms with E-state index in [2.05, 4.69) is 10.1 Å². The van der Waals surface area contributed by atoms with Crippen LogP contribution in [0.3, 0.4) is 0 Å². The van der Waals surface area contributed by atoms with Gasteiger partial charge in [0, 0.05) is 17.6 Å². The number of hydrogen-bond donors (Lipinski definition) is 1. The Morgan fingerprint density at radius 3 is 2.75 bits per heavy atom. The Morgan fingerprint density at radius 2 is 2.12 bits per heavy atom. The highest BCUT2D eigenvalue weighted by Gasteiger charge is 2.43. The highest BCUT2D eigenvalue weighted by Crippen LogP contribution is 2.50. The summed E-state index contributed by atoms with van der Waals surface area (Å²) in [6.45, 7) is -1.81. The lowest BCUT2D eigenvalue weighted by atomic mass is 9.66. The summed E-state index contributed by atoms with van der Waals surface area (Å²) in [4.78, 5) is 0. The molecule has 1 N–H and O–H groups in total. The maximum Gasteiger partial charge on any atom is 0.387 e. The van der Waals surface area contributed by atoms with Crippen LogP contribution >= 0.6 is 0 Å². The fraction of sp³-hybridized carbons (Fsp3) is 0.500. The first-order valence-electron chi connectivity index (χ1n) is 5.53. The first kappa shape index (κ1) is 9.87. The number of rotatable bonds is 2. The lowest BCUT2D eigenvalue weighted by Crippen LogP contribution is -2.35. The Balaban J connectivity index is 1.94. The van der Waals surface area contributed by atoms with Crippen molar-refractivity contribution in [2.24, 2.45) is 0 Å². The minimum atomic E-state index is -2.75. The SMILES string of the molecule is FC(F)Oc1ccc2c(c1)C1(CCC1)CN2. The van der Waals surface area contributed by atoms with Crippen molar-refractivity contribution in [1.29, 1.82) is 0 Å². The van der Waals surface area contributed by atoms with Gasteiger partial charge in [-0.25, -0.2) is 0 Å². The van der Waals surface area contributed by atoms with Crippen molar-refractivity contribution >= 4 is 5.69 Å². The molecule has 4 heteroatoms. The largest absolute Gasteiger partial charge is 0.435 e. The molecule has 16 heavy (non-hydrogen) atoms. The zero-order valence-corrected chi connectivity index (χ0v) is 8.80. The first-order chi connectivity index (χ1) is 7.70. The molecule has 1 heterocycles. The number of halogens is 2. The lowest BCUT2D eigenvalue weighted by molar-refractivity contribution is -0.0499. The number of ether oxygens (including phenoxy) is 1. The fourth-order valence-corrected chi connectivity index (χ4v) is 2.70. The van der Waals surface area contributed by atoms with Crippen LogP contribution in [-0.2, 0) is 5.41 Å². The highest BCUT2D eigenvalue weighted by atomic mass is 19.3. The van der Waals surface area contributed by atoms with Crippen LogP contribution in [0.5, 0.6) is 5.75 Å².